The minimum Gasteiger partial charge on any atom is -0.481 e. The Bertz CT molecular complexity index is 578. The number of carbonyl (C=O) groups is 4. The zero-order valence-electron chi connectivity index (χ0n) is 10.9. The van der Waals surface area contributed by atoms with E-state index in [1.54, 1.807) is 30.3 Å². The number of allylic oxidation sites excluding steroid dienone is 1. The molecule has 1 aromatic carbocycles. The smallest absolute Gasteiger partial charge is 0.326 e. The Morgan fingerprint density at radius 1 is 1.05 bits per heavy atom. The van der Waals surface area contributed by atoms with E-state index in [-0.39, 0.29) is 0 Å². The molecule has 0 spiro atoms. The first-order valence-corrected chi connectivity index (χ1v) is 5.92. The highest BCUT2D eigenvalue weighted by Gasteiger charge is 2.22. The number of carboxylic acid groups (broad SMARTS) is 2. The van der Waals surface area contributed by atoms with Crippen LogP contribution in [0.4, 0.5) is 0 Å². The van der Waals surface area contributed by atoms with E-state index in [0.29, 0.717) is 5.56 Å². The molecule has 0 unspecified atom stereocenters. The summed E-state index contributed by atoms with van der Waals surface area (Å²) in [6.07, 6.45) is 1.11. The van der Waals surface area contributed by atoms with Gasteiger partial charge in [0.05, 0.1) is 6.42 Å². The van der Waals surface area contributed by atoms with Crippen molar-refractivity contribution in [1.29, 1.82) is 0 Å². The SMILES string of the molecule is O=C(O)C[C@@H](NC(=O)/C=C/C(=O)c1ccccc1)C(=O)O. The zero-order valence-corrected chi connectivity index (χ0v) is 10.9. The van der Waals surface area contributed by atoms with Gasteiger partial charge < -0.3 is 15.5 Å². The van der Waals surface area contributed by atoms with E-state index in [0.717, 1.165) is 12.2 Å². The maximum Gasteiger partial charge on any atom is 0.326 e. The minimum atomic E-state index is -1.55. The summed E-state index contributed by atoms with van der Waals surface area (Å²) < 4.78 is 0. The van der Waals surface area contributed by atoms with Crippen LogP contribution in [0.1, 0.15) is 16.8 Å². The second-order valence-electron chi connectivity index (χ2n) is 4.06. The van der Waals surface area contributed by atoms with Crippen LogP contribution in [0, 0.1) is 0 Å². The molecule has 0 saturated carbocycles. The number of ketones is 1. The van der Waals surface area contributed by atoms with Crippen molar-refractivity contribution < 1.29 is 29.4 Å². The van der Waals surface area contributed by atoms with Gasteiger partial charge in [-0.05, 0) is 6.08 Å². The summed E-state index contributed by atoms with van der Waals surface area (Å²) >= 11 is 0. The molecule has 7 heteroatoms. The Morgan fingerprint density at radius 3 is 2.19 bits per heavy atom. The number of hydrogen-bond donors (Lipinski definition) is 3. The number of hydrogen-bond acceptors (Lipinski definition) is 4. The third-order valence-electron chi connectivity index (χ3n) is 2.44. The van der Waals surface area contributed by atoms with E-state index in [2.05, 4.69) is 0 Å². The summed E-state index contributed by atoms with van der Waals surface area (Å²) in [6, 6.07) is 6.63. The van der Waals surface area contributed by atoms with Crippen LogP contribution in [0.2, 0.25) is 0 Å². The van der Waals surface area contributed by atoms with Crippen molar-refractivity contribution >= 4 is 23.6 Å². The average Bonchev–Trinajstić information content (AvgIpc) is 2.44. The van der Waals surface area contributed by atoms with Gasteiger partial charge in [0.1, 0.15) is 6.04 Å². The van der Waals surface area contributed by atoms with E-state index in [1.165, 1.54) is 0 Å². The minimum absolute atomic E-state index is 0.377. The van der Waals surface area contributed by atoms with Crippen molar-refractivity contribution in [2.45, 2.75) is 12.5 Å². The molecule has 1 rings (SSSR count). The van der Waals surface area contributed by atoms with E-state index in [1.807, 2.05) is 5.32 Å². The van der Waals surface area contributed by atoms with Gasteiger partial charge in [0.25, 0.3) is 0 Å². The monoisotopic (exact) mass is 291 g/mol. The van der Waals surface area contributed by atoms with E-state index < -0.39 is 36.1 Å². The molecule has 0 aromatic heterocycles. The van der Waals surface area contributed by atoms with Crippen LogP contribution in [-0.2, 0) is 14.4 Å². The summed E-state index contributed by atoms with van der Waals surface area (Å²) in [5.74, 6) is -4.09. The number of nitrogens with one attached hydrogen (secondary N) is 1. The molecular weight excluding hydrogens is 278 g/mol. The second kappa shape index (κ2) is 7.59. The summed E-state index contributed by atoms with van der Waals surface area (Å²) in [4.78, 5) is 44.4. The molecule has 0 radical (unpaired) electrons. The molecule has 0 aliphatic heterocycles. The van der Waals surface area contributed by atoms with Crippen molar-refractivity contribution in [2.75, 3.05) is 0 Å². The van der Waals surface area contributed by atoms with Crippen molar-refractivity contribution in [1.82, 2.24) is 5.32 Å². The molecule has 1 atom stereocenters. The first-order valence-electron chi connectivity index (χ1n) is 5.92. The topological polar surface area (TPSA) is 121 Å². The lowest BCUT2D eigenvalue weighted by atomic mass is 10.1. The van der Waals surface area contributed by atoms with Crippen LogP contribution in [0.15, 0.2) is 42.5 Å². The van der Waals surface area contributed by atoms with Crippen LogP contribution in [-0.4, -0.2) is 39.9 Å². The fraction of sp³-hybridized carbons (Fsp3) is 0.143. The number of amides is 1. The molecule has 7 nitrogen and oxygen atoms in total. The van der Waals surface area contributed by atoms with Gasteiger partial charge in [-0.2, -0.15) is 0 Å². The summed E-state index contributed by atoms with van der Waals surface area (Å²) in [5, 5.41) is 19.3. The van der Waals surface area contributed by atoms with E-state index in [9.17, 15) is 19.2 Å². The Labute approximate surface area is 119 Å². The van der Waals surface area contributed by atoms with Gasteiger partial charge in [0.15, 0.2) is 5.78 Å². The lowest BCUT2D eigenvalue weighted by molar-refractivity contribution is -0.146. The molecule has 110 valence electrons. The lowest BCUT2D eigenvalue weighted by Gasteiger charge is -2.10. The highest BCUT2D eigenvalue weighted by Crippen LogP contribution is 2.01. The van der Waals surface area contributed by atoms with Gasteiger partial charge in [-0.25, -0.2) is 4.79 Å². The lowest BCUT2D eigenvalue weighted by Crippen LogP contribution is -2.41. The summed E-state index contributed by atoms with van der Waals surface area (Å²) in [5.41, 5.74) is 0.377. The molecule has 0 saturated heterocycles. The number of carbonyl (C=O) groups excluding carboxylic acids is 2. The van der Waals surface area contributed by atoms with E-state index >= 15 is 0 Å². The molecule has 0 aliphatic carbocycles. The molecular formula is C14H13NO6. The standard InChI is InChI=1S/C14H13NO6/c16-11(9-4-2-1-3-5-9)6-7-12(17)15-10(14(20)21)8-13(18)19/h1-7,10H,8H2,(H,15,17)(H,18,19)(H,20,21)/b7-6+/t10-/m1/s1. The Hall–Kier alpha value is -2.96. The molecule has 0 aliphatic rings. The fourth-order valence-corrected chi connectivity index (χ4v) is 1.44. The third-order valence-corrected chi connectivity index (χ3v) is 2.44. The van der Waals surface area contributed by atoms with Crippen molar-refractivity contribution in [3.63, 3.8) is 0 Å². The number of carboxylic acids is 2. The fourth-order valence-electron chi connectivity index (χ4n) is 1.44. The van der Waals surface area contributed by atoms with Crippen LogP contribution >= 0.6 is 0 Å². The van der Waals surface area contributed by atoms with Gasteiger partial charge in [0, 0.05) is 11.6 Å². The summed E-state index contributed by atoms with van der Waals surface area (Å²) in [7, 11) is 0. The molecule has 1 amide bonds. The molecule has 0 bridgehead atoms. The maximum absolute atomic E-state index is 11.7. The molecule has 1 aromatic rings. The van der Waals surface area contributed by atoms with Gasteiger partial charge in [0.2, 0.25) is 5.91 Å². The zero-order chi connectivity index (χ0) is 15.8. The van der Waals surface area contributed by atoms with Crippen LogP contribution < -0.4 is 5.32 Å². The predicted octanol–water partition coefficient (Wildman–Crippen LogP) is 0.470. The largest absolute Gasteiger partial charge is 0.481 e. The van der Waals surface area contributed by atoms with Gasteiger partial charge in [-0.3, -0.25) is 14.4 Å². The normalized spacial score (nSPS) is 11.8. The Morgan fingerprint density at radius 2 is 1.67 bits per heavy atom. The van der Waals surface area contributed by atoms with E-state index in [4.69, 9.17) is 10.2 Å². The van der Waals surface area contributed by atoms with Crippen LogP contribution in [0.5, 0.6) is 0 Å². The quantitative estimate of drug-likeness (QED) is 0.496. The number of aliphatic carboxylic acids is 2. The third kappa shape index (κ3) is 5.68. The summed E-state index contributed by atoms with van der Waals surface area (Å²) in [6.45, 7) is 0. The Balaban J connectivity index is 2.63. The molecule has 0 fully saturated rings. The van der Waals surface area contributed by atoms with Gasteiger partial charge in [-0.1, -0.05) is 30.3 Å². The predicted molar refractivity (Wildman–Crippen MR) is 71.7 cm³/mol. The number of rotatable bonds is 7. The molecule has 3 N–H and O–H groups in total. The Kier molecular flexibility index (Phi) is 5.81. The van der Waals surface area contributed by atoms with Crippen molar-refractivity contribution in [3.8, 4) is 0 Å². The van der Waals surface area contributed by atoms with Gasteiger partial charge >= 0.3 is 11.9 Å². The van der Waals surface area contributed by atoms with Crippen LogP contribution in [0.25, 0.3) is 0 Å². The first kappa shape index (κ1) is 16.1. The van der Waals surface area contributed by atoms with Crippen molar-refractivity contribution in [3.05, 3.63) is 48.0 Å². The second-order valence-corrected chi connectivity index (χ2v) is 4.06. The maximum atomic E-state index is 11.7. The number of benzene rings is 1. The highest BCUT2D eigenvalue weighted by molar-refractivity contribution is 6.07. The first-order chi connectivity index (χ1) is 9.90. The van der Waals surface area contributed by atoms with Crippen LogP contribution in [0.3, 0.4) is 0 Å². The highest BCUT2D eigenvalue weighted by atomic mass is 16.4. The average molecular weight is 291 g/mol. The van der Waals surface area contributed by atoms with Crippen molar-refractivity contribution in [2.24, 2.45) is 0 Å². The molecule has 21 heavy (non-hydrogen) atoms. The molecule has 0 heterocycles. The van der Waals surface area contributed by atoms with Gasteiger partial charge in [-0.15, -0.1) is 0 Å².